The van der Waals surface area contributed by atoms with E-state index in [0.717, 1.165) is 39.3 Å². The van der Waals surface area contributed by atoms with Gasteiger partial charge in [-0.3, -0.25) is 4.90 Å². The molecule has 1 saturated heterocycles. The number of carbonyl (C=O) groups is 1. The topological polar surface area (TPSA) is 59.0 Å². The van der Waals surface area contributed by atoms with Gasteiger partial charge in [0.1, 0.15) is 5.75 Å². The van der Waals surface area contributed by atoms with Crippen molar-refractivity contribution in [1.29, 1.82) is 0 Å². The van der Waals surface area contributed by atoms with Crippen molar-refractivity contribution >= 4 is 5.97 Å². The highest BCUT2D eigenvalue weighted by atomic mass is 16.5. The molecule has 5 heteroatoms. The Bertz CT molecular complexity index is 443. The summed E-state index contributed by atoms with van der Waals surface area (Å²) in [5.41, 5.74) is 0.253. The van der Waals surface area contributed by atoms with E-state index >= 15 is 0 Å². The number of hydrogen-bond donors (Lipinski definition) is 1. The predicted octanol–water partition coefficient (Wildman–Crippen LogP) is 1.87. The van der Waals surface area contributed by atoms with E-state index in [2.05, 4.69) is 4.90 Å². The molecule has 110 valence electrons. The molecule has 1 unspecified atom stereocenters. The molecule has 1 aromatic carbocycles. The average molecular weight is 279 g/mol. The van der Waals surface area contributed by atoms with Crippen molar-refractivity contribution in [2.45, 2.75) is 19.4 Å². The lowest BCUT2D eigenvalue weighted by atomic mass is 10.2. The van der Waals surface area contributed by atoms with Gasteiger partial charge in [0, 0.05) is 19.6 Å². The average Bonchev–Trinajstić information content (AvgIpc) is 2.46. The fourth-order valence-electron chi connectivity index (χ4n) is 2.18. The minimum Gasteiger partial charge on any atom is -0.491 e. The zero-order chi connectivity index (χ0) is 14.4. The van der Waals surface area contributed by atoms with Crippen LogP contribution in [0.1, 0.15) is 23.7 Å². The molecule has 2 rings (SSSR count). The molecular formula is C15H21NO4. The zero-order valence-corrected chi connectivity index (χ0v) is 11.7. The zero-order valence-electron chi connectivity index (χ0n) is 11.7. The Labute approximate surface area is 119 Å². The molecule has 20 heavy (non-hydrogen) atoms. The van der Waals surface area contributed by atoms with Crippen LogP contribution in [0.5, 0.6) is 5.75 Å². The molecule has 1 N–H and O–H groups in total. The molecule has 0 radical (unpaired) electrons. The van der Waals surface area contributed by atoms with Gasteiger partial charge in [0.2, 0.25) is 0 Å². The van der Waals surface area contributed by atoms with Crippen LogP contribution in [0.15, 0.2) is 24.3 Å². The number of hydrogen-bond acceptors (Lipinski definition) is 4. The third-order valence-electron chi connectivity index (χ3n) is 3.37. The number of aromatic carboxylic acids is 1. The van der Waals surface area contributed by atoms with Crippen LogP contribution in [0, 0.1) is 0 Å². The summed E-state index contributed by atoms with van der Waals surface area (Å²) in [6.07, 6.45) is 0.971. The van der Waals surface area contributed by atoms with E-state index in [-0.39, 0.29) is 11.7 Å². The Kier molecular flexibility index (Phi) is 5.38. The maximum absolute atomic E-state index is 10.9. The lowest BCUT2D eigenvalue weighted by Gasteiger charge is -2.27. The normalized spacial score (nSPS) is 17.6. The standard InChI is InChI=1S/C15H21NO4/c1-12(5-6-16-7-9-19-10-8-16)20-14-4-2-3-13(11-14)15(17)18/h2-4,11-12H,5-10H2,1H3,(H,17,18). The van der Waals surface area contributed by atoms with E-state index in [1.54, 1.807) is 24.3 Å². The number of rotatable bonds is 6. The molecule has 1 aromatic rings. The summed E-state index contributed by atoms with van der Waals surface area (Å²) in [7, 11) is 0. The molecule has 5 nitrogen and oxygen atoms in total. The van der Waals surface area contributed by atoms with Crippen LogP contribution in [0.4, 0.5) is 0 Å². The number of morpholine rings is 1. The van der Waals surface area contributed by atoms with Crippen molar-refractivity contribution < 1.29 is 19.4 Å². The second-order valence-electron chi connectivity index (χ2n) is 5.00. The smallest absolute Gasteiger partial charge is 0.335 e. The Morgan fingerprint density at radius 1 is 1.45 bits per heavy atom. The fraction of sp³-hybridized carbons (Fsp3) is 0.533. The third-order valence-corrected chi connectivity index (χ3v) is 3.37. The van der Waals surface area contributed by atoms with E-state index in [0.29, 0.717) is 5.75 Å². The molecule has 1 aliphatic heterocycles. The Morgan fingerprint density at radius 2 is 2.20 bits per heavy atom. The van der Waals surface area contributed by atoms with Crippen LogP contribution in [-0.2, 0) is 4.74 Å². The first kappa shape index (κ1) is 14.8. The second-order valence-corrected chi connectivity index (χ2v) is 5.00. The maximum atomic E-state index is 10.9. The first-order chi connectivity index (χ1) is 9.65. The molecule has 0 aromatic heterocycles. The summed E-state index contributed by atoms with van der Waals surface area (Å²) in [5.74, 6) is -0.323. The minimum atomic E-state index is -0.934. The molecule has 1 fully saturated rings. The van der Waals surface area contributed by atoms with Gasteiger partial charge in [0.05, 0.1) is 24.9 Å². The van der Waals surface area contributed by atoms with Crippen LogP contribution in [0.2, 0.25) is 0 Å². The molecule has 0 bridgehead atoms. The summed E-state index contributed by atoms with van der Waals surface area (Å²) < 4.78 is 11.1. The Hall–Kier alpha value is -1.59. The highest BCUT2D eigenvalue weighted by Crippen LogP contribution is 2.16. The van der Waals surface area contributed by atoms with Crippen molar-refractivity contribution in [3.05, 3.63) is 29.8 Å². The van der Waals surface area contributed by atoms with Crippen molar-refractivity contribution in [1.82, 2.24) is 4.90 Å². The van der Waals surface area contributed by atoms with Gasteiger partial charge >= 0.3 is 5.97 Å². The lowest BCUT2D eigenvalue weighted by Crippen LogP contribution is -2.38. The van der Waals surface area contributed by atoms with Gasteiger partial charge in [0.25, 0.3) is 0 Å². The number of ether oxygens (including phenoxy) is 2. The Morgan fingerprint density at radius 3 is 2.90 bits per heavy atom. The fourth-order valence-corrected chi connectivity index (χ4v) is 2.18. The van der Waals surface area contributed by atoms with Gasteiger partial charge in [-0.1, -0.05) is 6.07 Å². The molecule has 0 aliphatic carbocycles. The third kappa shape index (κ3) is 4.51. The SMILES string of the molecule is CC(CCN1CCOCC1)Oc1cccc(C(=O)O)c1. The highest BCUT2D eigenvalue weighted by molar-refractivity contribution is 5.87. The largest absolute Gasteiger partial charge is 0.491 e. The summed E-state index contributed by atoms with van der Waals surface area (Å²) in [6.45, 7) is 6.53. The van der Waals surface area contributed by atoms with Crippen LogP contribution in [-0.4, -0.2) is 54.9 Å². The molecule has 0 amide bonds. The molecule has 1 aliphatic rings. The quantitative estimate of drug-likeness (QED) is 0.861. The van der Waals surface area contributed by atoms with E-state index in [9.17, 15) is 4.79 Å². The van der Waals surface area contributed by atoms with Crippen LogP contribution < -0.4 is 4.74 Å². The van der Waals surface area contributed by atoms with Crippen molar-refractivity contribution in [2.24, 2.45) is 0 Å². The maximum Gasteiger partial charge on any atom is 0.335 e. The molecule has 0 spiro atoms. The Balaban J connectivity index is 1.79. The summed E-state index contributed by atoms with van der Waals surface area (Å²) in [4.78, 5) is 13.3. The molecular weight excluding hydrogens is 258 g/mol. The van der Waals surface area contributed by atoms with Crippen LogP contribution in [0.3, 0.4) is 0 Å². The van der Waals surface area contributed by atoms with Gasteiger partial charge < -0.3 is 14.6 Å². The number of nitrogens with zero attached hydrogens (tertiary/aromatic N) is 1. The molecule has 0 saturated carbocycles. The summed E-state index contributed by atoms with van der Waals surface area (Å²) in [5, 5.41) is 8.94. The number of benzene rings is 1. The first-order valence-corrected chi connectivity index (χ1v) is 6.95. The van der Waals surface area contributed by atoms with Gasteiger partial charge in [-0.15, -0.1) is 0 Å². The van der Waals surface area contributed by atoms with E-state index in [1.807, 2.05) is 6.92 Å². The van der Waals surface area contributed by atoms with Gasteiger partial charge in [0.15, 0.2) is 0 Å². The second kappa shape index (κ2) is 7.26. The monoisotopic (exact) mass is 279 g/mol. The predicted molar refractivity (Wildman–Crippen MR) is 75.4 cm³/mol. The van der Waals surface area contributed by atoms with Crippen molar-refractivity contribution in [3.63, 3.8) is 0 Å². The van der Waals surface area contributed by atoms with Gasteiger partial charge in [-0.05, 0) is 31.5 Å². The number of carboxylic acid groups (broad SMARTS) is 1. The lowest BCUT2D eigenvalue weighted by molar-refractivity contribution is 0.0326. The van der Waals surface area contributed by atoms with Gasteiger partial charge in [-0.2, -0.15) is 0 Å². The van der Waals surface area contributed by atoms with Crippen molar-refractivity contribution in [3.8, 4) is 5.75 Å². The first-order valence-electron chi connectivity index (χ1n) is 6.95. The van der Waals surface area contributed by atoms with Crippen molar-refractivity contribution in [2.75, 3.05) is 32.8 Å². The number of carboxylic acids is 1. The van der Waals surface area contributed by atoms with E-state index < -0.39 is 5.97 Å². The molecule has 1 heterocycles. The minimum absolute atomic E-state index is 0.0573. The van der Waals surface area contributed by atoms with E-state index in [1.165, 1.54) is 0 Å². The van der Waals surface area contributed by atoms with Crippen LogP contribution in [0.25, 0.3) is 0 Å². The van der Waals surface area contributed by atoms with E-state index in [4.69, 9.17) is 14.6 Å². The molecule has 1 atom stereocenters. The van der Waals surface area contributed by atoms with Gasteiger partial charge in [-0.25, -0.2) is 4.79 Å². The summed E-state index contributed by atoms with van der Waals surface area (Å²) >= 11 is 0. The summed E-state index contributed by atoms with van der Waals surface area (Å²) in [6, 6.07) is 6.62. The highest BCUT2D eigenvalue weighted by Gasteiger charge is 2.13. The van der Waals surface area contributed by atoms with Crippen LogP contribution >= 0.6 is 0 Å².